The molecular weight excluding hydrogens is 304 g/mol. The first-order valence-electron chi connectivity index (χ1n) is 9.19. The lowest BCUT2D eigenvalue weighted by Crippen LogP contribution is -2.50. The minimum Gasteiger partial charge on any atom is -0.393 e. The maximum Gasteiger partial charge on any atom is 0.230 e. The van der Waals surface area contributed by atoms with E-state index in [0.717, 1.165) is 70.5 Å². The summed E-state index contributed by atoms with van der Waals surface area (Å²) in [6.45, 7) is 2.53. The Morgan fingerprint density at radius 3 is 2.58 bits per heavy atom. The lowest BCUT2D eigenvalue weighted by atomic mass is 9.78. The van der Waals surface area contributed by atoms with E-state index in [9.17, 15) is 9.90 Å². The van der Waals surface area contributed by atoms with Crippen molar-refractivity contribution in [1.29, 1.82) is 0 Å². The average Bonchev–Trinajstić information content (AvgIpc) is 2.93. The zero-order chi connectivity index (χ0) is 16.6. The first-order valence-corrected chi connectivity index (χ1v) is 9.19. The summed E-state index contributed by atoms with van der Waals surface area (Å²) < 4.78 is 0. The number of carbonyl (C=O) groups is 1. The minimum absolute atomic E-state index is 0.173. The van der Waals surface area contributed by atoms with Gasteiger partial charge >= 0.3 is 0 Å². The van der Waals surface area contributed by atoms with Gasteiger partial charge in [0.15, 0.2) is 0 Å². The molecule has 0 unspecified atom stereocenters. The van der Waals surface area contributed by atoms with Crippen molar-refractivity contribution in [3.05, 3.63) is 18.5 Å². The number of carbonyl (C=O) groups excluding carboxylic acids is 1. The summed E-state index contributed by atoms with van der Waals surface area (Å²) in [5.41, 5.74) is -0.256. The van der Waals surface area contributed by atoms with Gasteiger partial charge in [0.1, 0.15) is 0 Å². The van der Waals surface area contributed by atoms with Crippen LogP contribution in [0.5, 0.6) is 0 Å². The molecule has 0 bridgehead atoms. The Morgan fingerprint density at radius 2 is 1.83 bits per heavy atom. The van der Waals surface area contributed by atoms with E-state index < -0.39 is 0 Å². The highest BCUT2D eigenvalue weighted by Crippen LogP contribution is 2.42. The molecule has 0 aromatic carbocycles. The number of likely N-dealkylation sites (tertiary alicyclic amines) is 1. The molecule has 0 radical (unpaired) electrons. The maximum atomic E-state index is 13.2. The van der Waals surface area contributed by atoms with E-state index in [1.54, 1.807) is 12.4 Å². The molecule has 1 N–H and O–H groups in total. The highest BCUT2D eigenvalue weighted by Gasteiger charge is 2.50. The second-order valence-corrected chi connectivity index (χ2v) is 7.57. The summed E-state index contributed by atoms with van der Waals surface area (Å²) in [4.78, 5) is 26.2. The Balaban J connectivity index is 1.48. The number of hydrogen-bond acceptors (Lipinski definition) is 5. The molecule has 1 aliphatic carbocycles. The molecule has 1 amide bonds. The predicted molar refractivity (Wildman–Crippen MR) is 90.5 cm³/mol. The van der Waals surface area contributed by atoms with Crippen LogP contribution in [-0.4, -0.2) is 57.7 Å². The lowest BCUT2D eigenvalue weighted by molar-refractivity contribution is -0.139. The summed E-state index contributed by atoms with van der Waals surface area (Å²) >= 11 is 0. The molecule has 1 aromatic rings. The van der Waals surface area contributed by atoms with Gasteiger partial charge in [-0.1, -0.05) is 0 Å². The molecule has 3 aliphatic rings. The van der Waals surface area contributed by atoms with Crippen LogP contribution >= 0.6 is 0 Å². The van der Waals surface area contributed by atoms with Crippen LogP contribution in [0.15, 0.2) is 18.5 Å². The van der Waals surface area contributed by atoms with Crippen LogP contribution in [0.25, 0.3) is 0 Å². The SMILES string of the molecule is O=C1N(C2CCC(O)CC2)CC[C@@]12CCCN(c1ncccn1)C2. The third kappa shape index (κ3) is 2.77. The lowest BCUT2D eigenvalue weighted by Gasteiger charge is -2.40. The van der Waals surface area contributed by atoms with Crippen molar-refractivity contribution in [2.45, 2.75) is 57.1 Å². The number of anilines is 1. The summed E-state index contributed by atoms with van der Waals surface area (Å²) in [5, 5.41) is 9.71. The van der Waals surface area contributed by atoms with E-state index in [1.165, 1.54) is 0 Å². The van der Waals surface area contributed by atoms with Crippen LogP contribution in [-0.2, 0) is 4.79 Å². The second-order valence-electron chi connectivity index (χ2n) is 7.57. The number of aromatic nitrogens is 2. The van der Waals surface area contributed by atoms with Crippen LogP contribution in [0, 0.1) is 5.41 Å². The van der Waals surface area contributed by atoms with Gasteiger partial charge in [0.05, 0.1) is 11.5 Å². The Morgan fingerprint density at radius 1 is 1.08 bits per heavy atom. The van der Waals surface area contributed by atoms with Crippen molar-refractivity contribution >= 4 is 11.9 Å². The molecule has 3 fully saturated rings. The molecule has 6 nitrogen and oxygen atoms in total. The number of aliphatic hydroxyl groups excluding tert-OH is 1. The van der Waals surface area contributed by atoms with Crippen molar-refractivity contribution in [2.75, 3.05) is 24.5 Å². The van der Waals surface area contributed by atoms with Crippen molar-refractivity contribution in [2.24, 2.45) is 5.41 Å². The van der Waals surface area contributed by atoms with E-state index >= 15 is 0 Å². The smallest absolute Gasteiger partial charge is 0.230 e. The van der Waals surface area contributed by atoms with Crippen molar-refractivity contribution in [1.82, 2.24) is 14.9 Å². The molecule has 1 aromatic heterocycles. The second kappa shape index (κ2) is 6.31. The van der Waals surface area contributed by atoms with Gasteiger partial charge in [-0.3, -0.25) is 4.79 Å². The Labute approximate surface area is 142 Å². The first-order chi connectivity index (χ1) is 11.7. The van der Waals surface area contributed by atoms with Gasteiger partial charge in [-0.2, -0.15) is 0 Å². The number of aliphatic hydroxyl groups is 1. The molecule has 130 valence electrons. The van der Waals surface area contributed by atoms with E-state index in [2.05, 4.69) is 19.8 Å². The maximum absolute atomic E-state index is 13.2. The van der Waals surface area contributed by atoms with E-state index in [-0.39, 0.29) is 11.5 Å². The molecule has 1 spiro atoms. The van der Waals surface area contributed by atoms with Crippen LogP contribution in [0.4, 0.5) is 5.95 Å². The zero-order valence-electron chi connectivity index (χ0n) is 14.1. The quantitative estimate of drug-likeness (QED) is 0.892. The number of hydrogen-bond donors (Lipinski definition) is 1. The predicted octanol–water partition coefficient (Wildman–Crippen LogP) is 1.60. The molecule has 2 saturated heterocycles. The standard InChI is InChI=1S/C18H26N4O2/c23-15-5-3-14(4-6-15)22-12-8-18(16(22)24)7-1-11-21(13-18)17-19-9-2-10-20-17/h2,9-10,14-15,23H,1,3-8,11-13H2/t14?,15?,18-/m1/s1. The number of rotatable bonds is 2. The van der Waals surface area contributed by atoms with Crippen molar-refractivity contribution in [3.8, 4) is 0 Å². The van der Waals surface area contributed by atoms with Crippen molar-refractivity contribution < 1.29 is 9.90 Å². The summed E-state index contributed by atoms with van der Waals surface area (Å²) in [6, 6.07) is 2.15. The minimum atomic E-state index is -0.256. The monoisotopic (exact) mass is 330 g/mol. The van der Waals surface area contributed by atoms with Gasteiger partial charge in [-0.25, -0.2) is 9.97 Å². The van der Waals surface area contributed by atoms with Gasteiger partial charge in [0.25, 0.3) is 0 Å². The first kappa shape index (κ1) is 15.8. The van der Waals surface area contributed by atoms with Crippen LogP contribution in [0.1, 0.15) is 44.9 Å². The third-order valence-electron chi connectivity index (χ3n) is 6.06. The van der Waals surface area contributed by atoms with E-state index in [4.69, 9.17) is 0 Å². The molecule has 24 heavy (non-hydrogen) atoms. The van der Waals surface area contributed by atoms with Crippen LogP contribution in [0.3, 0.4) is 0 Å². The fraction of sp³-hybridized carbons (Fsp3) is 0.722. The average molecular weight is 330 g/mol. The van der Waals surface area contributed by atoms with Gasteiger partial charge in [0, 0.05) is 38.1 Å². The molecular formula is C18H26N4O2. The van der Waals surface area contributed by atoms with Gasteiger partial charge < -0.3 is 14.9 Å². The number of nitrogens with zero attached hydrogens (tertiary/aromatic N) is 4. The molecule has 6 heteroatoms. The number of amides is 1. The molecule has 2 aliphatic heterocycles. The van der Waals surface area contributed by atoms with Crippen molar-refractivity contribution in [3.63, 3.8) is 0 Å². The van der Waals surface area contributed by atoms with E-state index in [0.29, 0.717) is 11.9 Å². The number of piperidine rings is 1. The molecule has 3 heterocycles. The van der Waals surface area contributed by atoms with Gasteiger partial charge in [0.2, 0.25) is 11.9 Å². The normalized spacial score (nSPS) is 34.1. The highest BCUT2D eigenvalue weighted by molar-refractivity contribution is 5.86. The third-order valence-corrected chi connectivity index (χ3v) is 6.06. The fourth-order valence-corrected chi connectivity index (χ4v) is 4.70. The Kier molecular flexibility index (Phi) is 4.16. The molecule has 4 rings (SSSR count). The van der Waals surface area contributed by atoms with Crippen LogP contribution < -0.4 is 4.90 Å². The molecule has 1 atom stereocenters. The largest absolute Gasteiger partial charge is 0.393 e. The van der Waals surface area contributed by atoms with Crippen LogP contribution in [0.2, 0.25) is 0 Å². The summed E-state index contributed by atoms with van der Waals surface area (Å²) in [7, 11) is 0. The highest BCUT2D eigenvalue weighted by atomic mass is 16.3. The van der Waals surface area contributed by atoms with E-state index in [1.807, 2.05) is 6.07 Å². The fourth-order valence-electron chi connectivity index (χ4n) is 4.70. The Hall–Kier alpha value is -1.69. The van der Waals surface area contributed by atoms with Gasteiger partial charge in [-0.05, 0) is 51.0 Å². The molecule has 1 saturated carbocycles. The zero-order valence-corrected chi connectivity index (χ0v) is 14.1. The summed E-state index contributed by atoms with van der Waals surface area (Å²) in [5.74, 6) is 1.06. The van der Waals surface area contributed by atoms with Gasteiger partial charge in [-0.15, -0.1) is 0 Å². The topological polar surface area (TPSA) is 69.6 Å². The Bertz CT molecular complexity index is 588. The summed E-state index contributed by atoms with van der Waals surface area (Å²) in [6.07, 6.45) is 9.81.